The van der Waals surface area contributed by atoms with Gasteiger partial charge in [-0.1, -0.05) is 30.3 Å². The Morgan fingerprint density at radius 2 is 1.69 bits per heavy atom. The lowest BCUT2D eigenvalue weighted by molar-refractivity contribution is 0.174. The molecule has 2 aromatic carbocycles. The van der Waals surface area contributed by atoms with Crippen molar-refractivity contribution in [1.29, 1.82) is 0 Å². The first-order valence-electron chi connectivity index (χ1n) is 9.60. The monoisotopic (exact) mass is 369 g/mol. The topological polar surface area (TPSA) is 37.4 Å². The Morgan fingerprint density at radius 1 is 0.962 bits per heavy atom. The van der Waals surface area contributed by atoms with Crippen molar-refractivity contribution in [3.63, 3.8) is 0 Å². The van der Waals surface area contributed by atoms with E-state index in [-0.39, 0.29) is 0 Å². The molecule has 0 spiro atoms. The van der Waals surface area contributed by atoms with Crippen LogP contribution in [0.1, 0.15) is 37.3 Å². The third-order valence-corrected chi connectivity index (χ3v) is 7.23. The zero-order chi connectivity index (χ0) is 18.3. The smallest absolute Gasteiger partial charge is 0.175 e. The number of fused-ring (bicyclic) bond motifs is 1. The van der Waals surface area contributed by atoms with Crippen LogP contribution in [0.25, 0.3) is 11.1 Å². The summed E-state index contributed by atoms with van der Waals surface area (Å²) in [5.74, 6) is 0. The van der Waals surface area contributed by atoms with Gasteiger partial charge in [0.2, 0.25) is 0 Å². The summed E-state index contributed by atoms with van der Waals surface area (Å²) in [5, 5.41) is 0. The van der Waals surface area contributed by atoms with Crippen LogP contribution in [0.3, 0.4) is 0 Å². The fourth-order valence-corrected chi connectivity index (χ4v) is 5.22. The van der Waals surface area contributed by atoms with Gasteiger partial charge < -0.3 is 0 Å². The van der Waals surface area contributed by atoms with E-state index in [1.165, 1.54) is 48.8 Å². The van der Waals surface area contributed by atoms with E-state index >= 15 is 0 Å². The molecule has 1 aliphatic carbocycles. The standard InChI is InChI=1S/C22H27NO2S/c1-16-4-3-13-23(16)21-10-7-19-14-18(5-6-20(19)15-21)17-8-11-22(12-9-17)26(2,24)25/h5-6,8-9,11-12,14,16,21H,3-4,7,10,13,15H2,1-2H3. The highest BCUT2D eigenvalue weighted by atomic mass is 32.2. The fourth-order valence-electron chi connectivity index (χ4n) is 4.59. The molecule has 138 valence electrons. The van der Waals surface area contributed by atoms with E-state index in [4.69, 9.17) is 0 Å². The molecule has 1 fully saturated rings. The Kier molecular flexibility index (Phi) is 4.66. The van der Waals surface area contributed by atoms with Gasteiger partial charge >= 0.3 is 0 Å². The first kappa shape index (κ1) is 17.7. The van der Waals surface area contributed by atoms with Crippen LogP contribution in [-0.2, 0) is 22.7 Å². The first-order valence-corrected chi connectivity index (χ1v) is 11.5. The summed E-state index contributed by atoms with van der Waals surface area (Å²) >= 11 is 0. The fraction of sp³-hybridized carbons (Fsp3) is 0.455. The maximum atomic E-state index is 11.6. The second-order valence-corrected chi connectivity index (χ2v) is 9.92. The molecule has 26 heavy (non-hydrogen) atoms. The minimum Gasteiger partial charge on any atom is -0.297 e. The number of benzene rings is 2. The summed E-state index contributed by atoms with van der Waals surface area (Å²) in [4.78, 5) is 3.09. The van der Waals surface area contributed by atoms with Crippen molar-refractivity contribution in [2.24, 2.45) is 0 Å². The normalized spacial score (nSPS) is 23.8. The van der Waals surface area contributed by atoms with Crippen LogP contribution >= 0.6 is 0 Å². The average molecular weight is 370 g/mol. The largest absolute Gasteiger partial charge is 0.297 e. The van der Waals surface area contributed by atoms with E-state index in [0.29, 0.717) is 10.9 Å². The molecule has 2 aliphatic rings. The highest BCUT2D eigenvalue weighted by molar-refractivity contribution is 7.90. The summed E-state index contributed by atoms with van der Waals surface area (Å²) in [6.45, 7) is 3.62. The number of sulfone groups is 1. The minimum atomic E-state index is -3.14. The van der Waals surface area contributed by atoms with Crippen LogP contribution in [0, 0.1) is 0 Å². The number of aryl methyl sites for hydroxylation is 1. The van der Waals surface area contributed by atoms with Crippen LogP contribution in [0.5, 0.6) is 0 Å². The molecule has 3 nitrogen and oxygen atoms in total. The Hall–Kier alpha value is -1.65. The summed E-state index contributed by atoms with van der Waals surface area (Å²) < 4.78 is 23.3. The van der Waals surface area contributed by atoms with Gasteiger partial charge in [0.05, 0.1) is 4.90 Å². The predicted octanol–water partition coefficient (Wildman–Crippen LogP) is 4.10. The number of hydrogen-bond acceptors (Lipinski definition) is 3. The van der Waals surface area contributed by atoms with Gasteiger partial charge in [-0.25, -0.2) is 8.42 Å². The molecule has 2 unspecified atom stereocenters. The molecule has 0 aromatic heterocycles. The number of rotatable bonds is 3. The molecule has 1 aliphatic heterocycles. The second kappa shape index (κ2) is 6.82. The van der Waals surface area contributed by atoms with Crippen molar-refractivity contribution < 1.29 is 8.42 Å². The average Bonchev–Trinajstić information content (AvgIpc) is 3.06. The molecule has 1 saturated heterocycles. The van der Waals surface area contributed by atoms with Gasteiger partial charge in [-0.3, -0.25) is 4.90 Å². The van der Waals surface area contributed by atoms with Gasteiger partial charge in [-0.05, 0) is 80.0 Å². The van der Waals surface area contributed by atoms with Crippen LogP contribution in [0.15, 0.2) is 47.4 Å². The number of nitrogens with zero attached hydrogens (tertiary/aromatic N) is 1. The third-order valence-electron chi connectivity index (χ3n) is 6.10. The second-order valence-electron chi connectivity index (χ2n) is 7.91. The number of hydrogen-bond donors (Lipinski definition) is 0. The molecule has 2 aromatic rings. The van der Waals surface area contributed by atoms with Gasteiger partial charge in [0.25, 0.3) is 0 Å². The van der Waals surface area contributed by atoms with Crippen molar-refractivity contribution in [3.05, 3.63) is 53.6 Å². The molecule has 4 heteroatoms. The highest BCUT2D eigenvalue weighted by Crippen LogP contribution is 2.32. The quantitative estimate of drug-likeness (QED) is 0.817. The molecule has 2 atom stereocenters. The highest BCUT2D eigenvalue weighted by Gasteiger charge is 2.30. The summed E-state index contributed by atoms with van der Waals surface area (Å²) in [6.07, 6.45) is 7.47. The minimum absolute atomic E-state index is 0.377. The Morgan fingerprint density at radius 3 is 2.35 bits per heavy atom. The maximum Gasteiger partial charge on any atom is 0.175 e. The molecule has 4 rings (SSSR count). The zero-order valence-electron chi connectivity index (χ0n) is 15.6. The lowest BCUT2D eigenvalue weighted by Gasteiger charge is -2.35. The van der Waals surface area contributed by atoms with E-state index < -0.39 is 9.84 Å². The molecule has 0 radical (unpaired) electrons. The van der Waals surface area contributed by atoms with Gasteiger partial charge in [0.15, 0.2) is 9.84 Å². The van der Waals surface area contributed by atoms with E-state index in [1.807, 2.05) is 12.1 Å². The van der Waals surface area contributed by atoms with Crippen LogP contribution in [0.2, 0.25) is 0 Å². The summed E-state index contributed by atoms with van der Waals surface area (Å²) in [5.41, 5.74) is 5.20. The molecule has 1 heterocycles. The van der Waals surface area contributed by atoms with Gasteiger partial charge in [0.1, 0.15) is 0 Å². The lowest BCUT2D eigenvalue weighted by Crippen LogP contribution is -2.41. The third kappa shape index (κ3) is 3.45. The van der Waals surface area contributed by atoms with Gasteiger partial charge in [-0.2, -0.15) is 0 Å². The zero-order valence-corrected chi connectivity index (χ0v) is 16.4. The number of likely N-dealkylation sites (tertiary alicyclic amines) is 1. The Labute approximate surface area is 157 Å². The van der Waals surface area contributed by atoms with Gasteiger partial charge in [-0.15, -0.1) is 0 Å². The van der Waals surface area contributed by atoms with Gasteiger partial charge in [0, 0.05) is 18.3 Å². The maximum absolute atomic E-state index is 11.6. The molecule has 0 amide bonds. The van der Waals surface area contributed by atoms with E-state index in [1.54, 1.807) is 12.1 Å². The van der Waals surface area contributed by atoms with E-state index in [0.717, 1.165) is 24.4 Å². The summed E-state index contributed by atoms with van der Waals surface area (Å²) in [7, 11) is -3.14. The van der Waals surface area contributed by atoms with E-state index in [9.17, 15) is 8.42 Å². The SMILES string of the molecule is CC1CCCN1C1CCc2cc(-c3ccc(S(C)(=O)=O)cc3)ccc2C1. The molecule has 0 saturated carbocycles. The molecule has 0 bridgehead atoms. The molecule has 0 N–H and O–H groups in total. The van der Waals surface area contributed by atoms with Crippen LogP contribution < -0.4 is 0 Å². The first-order chi connectivity index (χ1) is 12.4. The molecular weight excluding hydrogens is 342 g/mol. The van der Waals surface area contributed by atoms with Crippen molar-refractivity contribution >= 4 is 9.84 Å². The van der Waals surface area contributed by atoms with E-state index in [2.05, 4.69) is 30.0 Å². The van der Waals surface area contributed by atoms with Crippen molar-refractivity contribution in [1.82, 2.24) is 4.90 Å². The molecular formula is C22H27NO2S. The van der Waals surface area contributed by atoms with Crippen molar-refractivity contribution in [2.45, 2.75) is 56.0 Å². The Bertz CT molecular complexity index is 902. The predicted molar refractivity (Wildman–Crippen MR) is 106 cm³/mol. The van der Waals surface area contributed by atoms with Crippen molar-refractivity contribution in [2.75, 3.05) is 12.8 Å². The van der Waals surface area contributed by atoms with Crippen LogP contribution in [-0.4, -0.2) is 38.2 Å². The van der Waals surface area contributed by atoms with Crippen molar-refractivity contribution in [3.8, 4) is 11.1 Å². The van der Waals surface area contributed by atoms with Crippen LogP contribution in [0.4, 0.5) is 0 Å². The Balaban J connectivity index is 1.55. The summed E-state index contributed by atoms with van der Waals surface area (Å²) in [6, 6.07) is 15.4. The lowest BCUT2D eigenvalue weighted by atomic mass is 9.85.